The van der Waals surface area contributed by atoms with Gasteiger partial charge in [-0.1, -0.05) is 23.2 Å². The van der Waals surface area contributed by atoms with E-state index in [-0.39, 0.29) is 0 Å². The Bertz CT molecular complexity index is 1220. The molecular weight excluding hydrogens is 429 g/mol. The van der Waals surface area contributed by atoms with Gasteiger partial charge in [-0.25, -0.2) is 0 Å². The van der Waals surface area contributed by atoms with Crippen molar-refractivity contribution in [1.29, 1.82) is 0 Å². The first-order chi connectivity index (χ1) is 15.2. The monoisotopic (exact) mass is 451 g/mol. The normalized spacial score (nSPS) is 15.0. The van der Waals surface area contributed by atoms with Gasteiger partial charge >= 0.3 is 0 Å². The number of aromatic nitrogens is 2. The van der Waals surface area contributed by atoms with Crippen molar-refractivity contribution in [2.75, 3.05) is 49.5 Å². The van der Waals surface area contributed by atoms with Crippen LogP contribution < -0.4 is 10.2 Å². The minimum atomic E-state index is 0.708. The van der Waals surface area contributed by atoms with Gasteiger partial charge in [0.1, 0.15) is 0 Å². The lowest BCUT2D eigenvalue weighted by molar-refractivity contribution is 0.267. The minimum Gasteiger partial charge on any atom is -0.383 e. The van der Waals surface area contributed by atoms with E-state index in [1.54, 1.807) is 0 Å². The van der Waals surface area contributed by atoms with Gasteiger partial charge in [0.25, 0.3) is 0 Å². The van der Waals surface area contributed by atoms with Gasteiger partial charge in [-0.3, -0.25) is 14.9 Å². The third kappa shape index (κ3) is 4.40. The number of halogens is 2. The molecule has 4 aromatic rings. The topological polar surface area (TPSA) is 44.3 Å². The standard InChI is InChI=1S/C24H23Cl2N5/c25-17-1-3-19-21(5-7-27-22(19)15-17)29-9-10-30-11-13-31(14-12-30)24-6-8-28-23-16-18(26)2-4-20(23)24/h1-8,15-16H,9-14H2,(H,27,29). The molecule has 1 fully saturated rings. The maximum atomic E-state index is 6.13. The van der Waals surface area contributed by atoms with E-state index in [2.05, 4.69) is 37.2 Å². The number of pyridine rings is 2. The van der Waals surface area contributed by atoms with Crippen molar-refractivity contribution in [3.63, 3.8) is 0 Å². The van der Waals surface area contributed by atoms with Gasteiger partial charge in [0, 0.05) is 83.9 Å². The van der Waals surface area contributed by atoms with Gasteiger partial charge in [-0.05, 0) is 48.5 Å². The first kappa shape index (κ1) is 20.3. The van der Waals surface area contributed by atoms with E-state index in [0.29, 0.717) is 5.02 Å². The maximum Gasteiger partial charge on any atom is 0.0737 e. The molecule has 0 atom stereocenters. The number of piperazine rings is 1. The second-order valence-corrected chi connectivity index (χ2v) is 8.64. The van der Waals surface area contributed by atoms with Crippen LogP contribution in [0.1, 0.15) is 0 Å². The summed E-state index contributed by atoms with van der Waals surface area (Å²) in [6.07, 6.45) is 3.70. The molecule has 0 radical (unpaired) electrons. The summed E-state index contributed by atoms with van der Waals surface area (Å²) in [6.45, 7) is 5.95. The van der Waals surface area contributed by atoms with Crippen LogP contribution in [0.25, 0.3) is 21.8 Å². The summed E-state index contributed by atoms with van der Waals surface area (Å²) in [5, 5.41) is 7.26. The van der Waals surface area contributed by atoms with E-state index in [4.69, 9.17) is 23.2 Å². The highest BCUT2D eigenvalue weighted by atomic mass is 35.5. The van der Waals surface area contributed by atoms with Crippen LogP contribution in [-0.4, -0.2) is 54.1 Å². The zero-order chi connectivity index (χ0) is 21.2. The van der Waals surface area contributed by atoms with Crippen molar-refractivity contribution in [1.82, 2.24) is 14.9 Å². The largest absolute Gasteiger partial charge is 0.383 e. The molecule has 1 saturated heterocycles. The summed E-state index contributed by atoms with van der Waals surface area (Å²) >= 11 is 12.2. The molecule has 3 heterocycles. The molecule has 0 spiro atoms. The summed E-state index contributed by atoms with van der Waals surface area (Å²) in [5.41, 5.74) is 4.20. The van der Waals surface area contributed by atoms with Crippen molar-refractivity contribution >= 4 is 56.4 Å². The molecule has 2 aromatic carbocycles. The highest BCUT2D eigenvalue weighted by Gasteiger charge is 2.18. The van der Waals surface area contributed by atoms with Gasteiger partial charge in [0.2, 0.25) is 0 Å². The SMILES string of the molecule is Clc1ccc2c(NCCN3CCN(c4ccnc5cc(Cl)ccc45)CC3)ccnc2c1. The molecule has 158 valence electrons. The lowest BCUT2D eigenvalue weighted by atomic mass is 10.1. The number of benzene rings is 2. The second kappa shape index (κ2) is 8.87. The molecule has 1 N–H and O–H groups in total. The molecule has 5 nitrogen and oxygen atoms in total. The van der Waals surface area contributed by atoms with E-state index >= 15 is 0 Å². The van der Waals surface area contributed by atoms with Crippen molar-refractivity contribution in [3.8, 4) is 0 Å². The number of rotatable bonds is 5. The number of nitrogens with zero attached hydrogens (tertiary/aromatic N) is 4. The molecule has 1 aliphatic rings. The van der Waals surface area contributed by atoms with Crippen LogP contribution in [0.15, 0.2) is 60.9 Å². The lowest BCUT2D eigenvalue weighted by Gasteiger charge is -2.36. The van der Waals surface area contributed by atoms with E-state index in [0.717, 1.165) is 71.8 Å². The Morgan fingerprint density at radius 2 is 1.42 bits per heavy atom. The Morgan fingerprint density at radius 1 is 0.774 bits per heavy atom. The van der Waals surface area contributed by atoms with E-state index in [1.807, 2.05) is 48.8 Å². The zero-order valence-electron chi connectivity index (χ0n) is 17.1. The van der Waals surface area contributed by atoms with Crippen molar-refractivity contribution in [2.24, 2.45) is 0 Å². The Balaban J connectivity index is 1.19. The molecule has 0 saturated carbocycles. The van der Waals surface area contributed by atoms with Crippen LogP contribution in [0.3, 0.4) is 0 Å². The molecule has 2 aromatic heterocycles. The van der Waals surface area contributed by atoms with Gasteiger partial charge in [-0.15, -0.1) is 0 Å². The summed E-state index contributed by atoms with van der Waals surface area (Å²) in [5.74, 6) is 0. The molecule has 31 heavy (non-hydrogen) atoms. The number of nitrogens with one attached hydrogen (secondary N) is 1. The van der Waals surface area contributed by atoms with Crippen LogP contribution >= 0.6 is 23.2 Å². The van der Waals surface area contributed by atoms with Crippen molar-refractivity contribution < 1.29 is 0 Å². The Morgan fingerprint density at radius 3 is 2.16 bits per heavy atom. The van der Waals surface area contributed by atoms with E-state index in [9.17, 15) is 0 Å². The molecular formula is C24H23Cl2N5. The Labute approximate surface area is 191 Å². The fourth-order valence-electron chi connectivity index (χ4n) is 4.22. The molecule has 5 rings (SSSR count). The summed E-state index contributed by atoms with van der Waals surface area (Å²) in [4.78, 5) is 13.8. The summed E-state index contributed by atoms with van der Waals surface area (Å²) < 4.78 is 0. The first-order valence-corrected chi connectivity index (χ1v) is 11.2. The molecule has 0 unspecified atom stereocenters. The fraction of sp³-hybridized carbons (Fsp3) is 0.250. The van der Waals surface area contributed by atoms with Crippen LogP contribution in [0.4, 0.5) is 11.4 Å². The van der Waals surface area contributed by atoms with Crippen LogP contribution in [0.5, 0.6) is 0 Å². The van der Waals surface area contributed by atoms with Crippen LogP contribution in [0, 0.1) is 0 Å². The predicted molar refractivity (Wildman–Crippen MR) is 131 cm³/mol. The fourth-order valence-corrected chi connectivity index (χ4v) is 4.55. The van der Waals surface area contributed by atoms with Gasteiger partial charge in [0.05, 0.1) is 11.0 Å². The smallest absolute Gasteiger partial charge is 0.0737 e. The third-order valence-electron chi connectivity index (χ3n) is 5.84. The zero-order valence-corrected chi connectivity index (χ0v) is 18.6. The summed E-state index contributed by atoms with van der Waals surface area (Å²) in [7, 11) is 0. The van der Waals surface area contributed by atoms with Crippen LogP contribution in [-0.2, 0) is 0 Å². The lowest BCUT2D eigenvalue weighted by Crippen LogP contribution is -2.47. The average Bonchev–Trinajstić information content (AvgIpc) is 2.79. The highest BCUT2D eigenvalue weighted by Crippen LogP contribution is 2.28. The average molecular weight is 452 g/mol. The van der Waals surface area contributed by atoms with E-state index < -0.39 is 0 Å². The van der Waals surface area contributed by atoms with Gasteiger partial charge < -0.3 is 10.2 Å². The van der Waals surface area contributed by atoms with Crippen molar-refractivity contribution in [3.05, 3.63) is 71.0 Å². The van der Waals surface area contributed by atoms with E-state index in [1.165, 1.54) is 5.69 Å². The maximum absolute atomic E-state index is 6.13. The molecule has 0 aliphatic carbocycles. The number of hydrogen-bond acceptors (Lipinski definition) is 5. The van der Waals surface area contributed by atoms with Crippen LogP contribution in [0.2, 0.25) is 10.0 Å². The number of hydrogen-bond donors (Lipinski definition) is 1. The molecule has 0 bridgehead atoms. The summed E-state index contributed by atoms with van der Waals surface area (Å²) in [6, 6.07) is 15.9. The minimum absolute atomic E-state index is 0.708. The third-order valence-corrected chi connectivity index (χ3v) is 6.31. The molecule has 7 heteroatoms. The second-order valence-electron chi connectivity index (χ2n) is 7.77. The Hall–Kier alpha value is -2.60. The number of fused-ring (bicyclic) bond motifs is 2. The highest BCUT2D eigenvalue weighted by molar-refractivity contribution is 6.31. The first-order valence-electron chi connectivity index (χ1n) is 10.5. The Kier molecular flexibility index (Phi) is 5.81. The molecule has 0 amide bonds. The predicted octanol–water partition coefficient (Wildman–Crippen LogP) is 5.32. The van der Waals surface area contributed by atoms with Gasteiger partial charge in [0.15, 0.2) is 0 Å². The quantitative estimate of drug-likeness (QED) is 0.444. The molecule has 1 aliphatic heterocycles. The van der Waals surface area contributed by atoms with Crippen molar-refractivity contribution in [2.45, 2.75) is 0 Å². The number of anilines is 2. The van der Waals surface area contributed by atoms with Gasteiger partial charge in [-0.2, -0.15) is 0 Å².